The van der Waals surface area contributed by atoms with Gasteiger partial charge in [0.05, 0.1) is 5.69 Å². The lowest BCUT2D eigenvalue weighted by molar-refractivity contribution is -0.120. The van der Waals surface area contributed by atoms with Gasteiger partial charge >= 0.3 is 6.18 Å². The lowest BCUT2D eigenvalue weighted by Crippen LogP contribution is -2.44. The van der Waals surface area contributed by atoms with Crippen LogP contribution in [0.25, 0.3) is 5.57 Å². The molecule has 0 amide bonds. The summed E-state index contributed by atoms with van der Waals surface area (Å²) in [6.07, 6.45) is -2.73. The summed E-state index contributed by atoms with van der Waals surface area (Å²) in [5, 5.41) is 1.38. The Bertz CT molecular complexity index is 786. The highest BCUT2D eigenvalue weighted by Gasteiger charge is 2.33. The van der Waals surface area contributed by atoms with Crippen molar-refractivity contribution in [3.05, 3.63) is 70.5 Å². The van der Waals surface area contributed by atoms with Crippen LogP contribution in [0.4, 0.5) is 23.2 Å². The van der Waals surface area contributed by atoms with Gasteiger partial charge in [-0.1, -0.05) is 35.9 Å². The van der Waals surface area contributed by atoms with Gasteiger partial charge in [-0.2, -0.15) is 13.2 Å². The molecule has 2 nitrogen and oxygen atoms in total. The second kappa shape index (κ2) is 6.45. The molecule has 0 aromatic heterocycles. The number of rotatable bonds is 2. The quantitative estimate of drug-likeness (QED) is 0.778. The summed E-state index contributed by atoms with van der Waals surface area (Å²) in [7, 11) is 0. The minimum absolute atomic E-state index is 0.131. The Balaban J connectivity index is 2.12. The Morgan fingerprint density at radius 2 is 1.83 bits per heavy atom. The largest absolute Gasteiger partial charge is 0.407 e. The molecule has 0 saturated carbocycles. The Morgan fingerprint density at radius 1 is 1.08 bits per heavy atom. The van der Waals surface area contributed by atoms with E-state index < -0.39 is 18.5 Å². The van der Waals surface area contributed by atoms with Gasteiger partial charge in [0.25, 0.3) is 0 Å². The molecule has 3 rings (SSSR count). The molecule has 1 aliphatic heterocycles. The van der Waals surface area contributed by atoms with Crippen LogP contribution in [0.2, 0.25) is 5.02 Å². The van der Waals surface area contributed by atoms with Crippen molar-refractivity contribution in [3.8, 4) is 0 Å². The molecule has 24 heavy (non-hydrogen) atoms. The van der Waals surface area contributed by atoms with Gasteiger partial charge in [-0.15, -0.1) is 0 Å². The second-order valence-electron chi connectivity index (χ2n) is 5.32. The summed E-state index contributed by atoms with van der Waals surface area (Å²) in [4.78, 5) is 0. The van der Waals surface area contributed by atoms with Crippen LogP contribution in [-0.4, -0.2) is 19.3 Å². The van der Waals surface area contributed by atoms with Crippen LogP contribution in [0.3, 0.4) is 0 Å². The van der Waals surface area contributed by atoms with Gasteiger partial charge in [0.2, 0.25) is 0 Å². The van der Waals surface area contributed by atoms with E-state index in [0.29, 0.717) is 27.4 Å². The maximum absolute atomic E-state index is 14.2. The van der Waals surface area contributed by atoms with Crippen molar-refractivity contribution in [2.45, 2.75) is 6.18 Å². The third-order valence-electron chi connectivity index (χ3n) is 3.63. The third kappa shape index (κ3) is 3.55. The molecule has 0 fully saturated rings. The first-order valence-corrected chi connectivity index (χ1v) is 7.56. The lowest BCUT2D eigenvalue weighted by Gasteiger charge is -2.27. The smallest absolute Gasteiger partial charge is 0.298 e. The van der Waals surface area contributed by atoms with Crippen LogP contribution in [0, 0.1) is 5.82 Å². The highest BCUT2D eigenvalue weighted by atomic mass is 35.5. The molecule has 0 bridgehead atoms. The summed E-state index contributed by atoms with van der Waals surface area (Å²) < 4.78 is 52.7. The summed E-state index contributed by atoms with van der Waals surface area (Å²) in [6, 6.07) is 10.7. The SMILES string of the molecule is Fc1ccccc1C1=CCNN(CC(F)(F)F)c2ccc(Cl)cc21. The van der Waals surface area contributed by atoms with Crippen molar-refractivity contribution in [2.24, 2.45) is 0 Å². The van der Waals surface area contributed by atoms with Gasteiger partial charge in [0.15, 0.2) is 0 Å². The lowest BCUT2D eigenvalue weighted by atomic mass is 9.95. The number of anilines is 1. The van der Waals surface area contributed by atoms with Crippen molar-refractivity contribution >= 4 is 22.9 Å². The summed E-state index contributed by atoms with van der Waals surface area (Å²) in [6.45, 7) is -1.04. The molecule has 0 aliphatic carbocycles. The molecule has 2 aromatic rings. The van der Waals surface area contributed by atoms with E-state index >= 15 is 0 Å². The number of fused-ring (bicyclic) bond motifs is 1. The molecule has 1 aliphatic rings. The highest BCUT2D eigenvalue weighted by Crippen LogP contribution is 2.36. The molecule has 0 atom stereocenters. The first kappa shape index (κ1) is 16.8. The van der Waals surface area contributed by atoms with Gasteiger partial charge in [-0.3, -0.25) is 5.01 Å². The molecule has 0 unspecified atom stereocenters. The van der Waals surface area contributed by atoms with Gasteiger partial charge in [-0.05, 0) is 29.8 Å². The Hall–Kier alpha value is -2.05. The van der Waals surface area contributed by atoms with Crippen molar-refractivity contribution in [3.63, 3.8) is 0 Å². The number of hydrogen-bond acceptors (Lipinski definition) is 2. The van der Waals surface area contributed by atoms with Crippen molar-refractivity contribution in [1.29, 1.82) is 0 Å². The van der Waals surface area contributed by atoms with Gasteiger partial charge in [-0.25, -0.2) is 9.82 Å². The van der Waals surface area contributed by atoms with E-state index in [4.69, 9.17) is 11.6 Å². The van der Waals surface area contributed by atoms with Crippen molar-refractivity contribution in [1.82, 2.24) is 5.43 Å². The maximum Gasteiger partial charge on any atom is 0.407 e. The van der Waals surface area contributed by atoms with Crippen LogP contribution in [0.1, 0.15) is 11.1 Å². The molecular weight excluding hydrogens is 344 g/mol. The fraction of sp³-hybridized carbons (Fsp3) is 0.176. The third-order valence-corrected chi connectivity index (χ3v) is 3.86. The zero-order valence-corrected chi connectivity index (χ0v) is 13.1. The minimum Gasteiger partial charge on any atom is -0.298 e. The molecule has 0 saturated heterocycles. The molecule has 0 radical (unpaired) electrons. The van der Waals surface area contributed by atoms with Crippen molar-refractivity contribution in [2.75, 3.05) is 18.1 Å². The fourth-order valence-corrected chi connectivity index (χ4v) is 2.84. The number of benzene rings is 2. The molecule has 7 heteroatoms. The monoisotopic (exact) mass is 356 g/mol. The molecule has 2 aromatic carbocycles. The number of halogens is 5. The normalized spacial score (nSPS) is 14.9. The molecular formula is C17H13ClF4N2. The second-order valence-corrected chi connectivity index (χ2v) is 5.76. The topological polar surface area (TPSA) is 15.3 Å². The summed E-state index contributed by atoms with van der Waals surface area (Å²) >= 11 is 6.02. The Labute approximate surface area is 141 Å². The van der Waals surface area contributed by atoms with E-state index in [-0.39, 0.29) is 6.54 Å². The number of nitrogens with one attached hydrogen (secondary N) is 1. The van der Waals surface area contributed by atoms with Gasteiger partial charge in [0.1, 0.15) is 12.4 Å². The van der Waals surface area contributed by atoms with E-state index in [2.05, 4.69) is 5.43 Å². The first-order chi connectivity index (χ1) is 11.3. The predicted octanol–water partition coefficient (Wildman–Crippen LogP) is 4.80. The standard InChI is InChI=1S/C17H13ClF4N2/c18-11-5-6-16-14(9-11)12(13-3-1-2-4-15(13)19)7-8-23-24(16)10-17(20,21)22/h1-7,9,23H,8,10H2. The summed E-state index contributed by atoms with van der Waals surface area (Å²) in [5.41, 5.74) is 4.26. The first-order valence-electron chi connectivity index (χ1n) is 7.18. The van der Waals surface area contributed by atoms with Crippen LogP contribution in [-0.2, 0) is 0 Å². The number of alkyl halides is 3. The summed E-state index contributed by atoms with van der Waals surface area (Å²) in [5.74, 6) is -0.445. The highest BCUT2D eigenvalue weighted by molar-refractivity contribution is 6.31. The molecule has 1 N–H and O–H groups in total. The number of hydrazine groups is 1. The number of nitrogens with zero attached hydrogens (tertiary/aromatic N) is 1. The van der Waals surface area contributed by atoms with Crippen LogP contribution in [0.15, 0.2) is 48.5 Å². The van der Waals surface area contributed by atoms with E-state index in [9.17, 15) is 17.6 Å². The molecule has 0 spiro atoms. The van der Waals surface area contributed by atoms with E-state index in [1.54, 1.807) is 30.3 Å². The zero-order chi connectivity index (χ0) is 17.3. The average Bonchev–Trinajstić information content (AvgIpc) is 2.66. The van der Waals surface area contributed by atoms with Crippen molar-refractivity contribution < 1.29 is 17.6 Å². The molecule has 1 heterocycles. The minimum atomic E-state index is -4.38. The van der Waals surface area contributed by atoms with Gasteiger partial charge < -0.3 is 0 Å². The van der Waals surface area contributed by atoms with E-state index in [1.807, 2.05) is 0 Å². The van der Waals surface area contributed by atoms with Crippen LogP contribution in [0.5, 0.6) is 0 Å². The van der Waals surface area contributed by atoms with E-state index in [0.717, 1.165) is 5.01 Å². The molecule has 126 valence electrons. The maximum atomic E-state index is 14.2. The Kier molecular flexibility index (Phi) is 4.51. The Morgan fingerprint density at radius 3 is 2.54 bits per heavy atom. The average molecular weight is 357 g/mol. The van der Waals surface area contributed by atoms with Gasteiger partial charge in [0, 0.05) is 22.7 Å². The number of hydrogen-bond donors (Lipinski definition) is 1. The van der Waals surface area contributed by atoms with Crippen LogP contribution >= 0.6 is 11.6 Å². The van der Waals surface area contributed by atoms with Crippen LogP contribution < -0.4 is 10.4 Å². The van der Waals surface area contributed by atoms with E-state index in [1.165, 1.54) is 18.2 Å². The predicted molar refractivity (Wildman–Crippen MR) is 86.3 cm³/mol. The zero-order valence-electron chi connectivity index (χ0n) is 12.4. The fourth-order valence-electron chi connectivity index (χ4n) is 2.67.